The average molecular weight is 377 g/mol. The topological polar surface area (TPSA) is 50.4 Å². The molecule has 4 nitrogen and oxygen atoms in total. The van der Waals surface area contributed by atoms with Gasteiger partial charge in [-0.05, 0) is 62.3 Å². The number of anilines is 1. The fourth-order valence-corrected chi connectivity index (χ4v) is 3.03. The highest BCUT2D eigenvalue weighted by molar-refractivity contribution is 7.80. The molecule has 0 saturated heterocycles. The van der Waals surface area contributed by atoms with Crippen molar-refractivity contribution in [2.24, 2.45) is 0 Å². The molecule has 2 N–H and O–H groups in total. The van der Waals surface area contributed by atoms with Crippen LogP contribution in [-0.2, 0) is 4.74 Å². The molecule has 0 saturated carbocycles. The van der Waals surface area contributed by atoms with Crippen molar-refractivity contribution in [2.45, 2.75) is 26.8 Å². The Morgan fingerprint density at radius 1 is 1.20 bits per heavy atom. The third-order valence-electron chi connectivity index (χ3n) is 3.88. The Balaban J connectivity index is 2.10. The predicted molar refractivity (Wildman–Crippen MR) is 106 cm³/mol. The van der Waals surface area contributed by atoms with Gasteiger partial charge in [-0.2, -0.15) is 0 Å². The van der Waals surface area contributed by atoms with Crippen molar-refractivity contribution in [1.29, 1.82) is 0 Å². The summed E-state index contributed by atoms with van der Waals surface area (Å²) in [6.07, 6.45) is 0. The van der Waals surface area contributed by atoms with Crippen molar-refractivity contribution in [3.05, 3.63) is 63.7 Å². The van der Waals surface area contributed by atoms with E-state index in [1.54, 1.807) is 18.2 Å². The molecule has 0 aliphatic heterocycles. The Labute approximate surface area is 158 Å². The van der Waals surface area contributed by atoms with E-state index in [4.69, 9.17) is 28.6 Å². The predicted octanol–water partition coefficient (Wildman–Crippen LogP) is 4.79. The molecule has 2 aromatic rings. The lowest BCUT2D eigenvalue weighted by molar-refractivity contribution is 0.0601. The van der Waals surface area contributed by atoms with Crippen LogP contribution >= 0.6 is 23.8 Å². The highest BCUT2D eigenvalue weighted by atomic mass is 35.5. The van der Waals surface area contributed by atoms with Gasteiger partial charge in [0.15, 0.2) is 5.11 Å². The van der Waals surface area contributed by atoms with E-state index >= 15 is 0 Å². The minimum Gasteiger partial charge on any atom is -0.465 e. The first-order chi connectivity index (χ1) is 11.8. The van der Waals surface area contributed by atoms with Gasteiger partial charge < -0.3 is 15.4 Å². The SMILES string of the molecule is COC(=O)c1cc(NC(=S)N[C@H](C)c2cc(C)ccc2C)ccc1Cl. The Kier molecular flexibility index (Phi) is 6.39. The first-order valence-electron chi connectivity index (χ1n) is 7.84. The van der Waals surface area contributed by atoms with Crippen LogP contribution in [0.1, 0.15) is 40.0 Å². The van der Waals surface area contributed by atoms with E-state index in [0.717, 1.165) is 0 Å². The van der Waals surface area contributed by atoms with Crippen molar-refractivity contribution in [1.82, 2.24) is 5.32 Å². The summed E-state index contributed by atoms with van der Waals surface area (Å²) >= 11 is 11.4. The molecule has 2 aromatic carbocycles. The molecule has 0 aromatic heterocycles. The maximum Gasteiger partial charge on any atom is 0.339 e. The Morgan fingerprint density at radius 2 is 1.92 bits per heavy atom. The van der Waals surface area contributed by atoms with Crippen LogP contribution in [0.4, 0.5) is 5.69 Å². The number of thiocarbonyl (C=S) groups is 1. The molecule has 0 amide bonds. The monoisotopic (exact) mass is 376 g/mol. The molecule has 2 rings (SSSR count). The van der Waals surface area contributed by atoms with E-state index in [2.05, 4.69) is 49.6 Å². The molecular formula is C19H21ClN2O2S. The summed E-state index contributed by atoms with van der Waals surface area (Å²) in [5.74, 6) is -0.490. The number of aryl methyl sites for hydroxylation is 2. The molecule has 132 valence electrons. The number of esters is 1. The van der Waals surface area contributed by atoms with Gasteiger partial charge in [0.2, 0.25) is 0 Å². The summed E-state index contributed by atoms with van der Waals surface area (Å²) in [6, 6.07) is 11.4. The molecule has 0 radical (unpaired) electrons. The molecule has 0 unspecified atom stereocenters. The molecule has 0 bridgehead atoms. The normalized spacial score (nSPS) is 11.6. The van der Waals surface area contributed by atoms with Gasteiger partial charge in [0, 0.05) is 5.69 Å². The lowest BCUT2D eigenvalue weighted by atomic mass is 10.0. The zero-order valence-electron chi connectivity index (χ0n) is 14.6. The number of halogens is 1. The van der Waals surface area contributed by atoms with E-state index in [1.165, 1.54) is 23.8 Å². The number of hydrogen-bond acceptors (Lipinski definition) is 3. The van der Waals surface area contributed by atoms with Gasteiger partial charge in [0.05, 0.1) is 23.7 Å². The number of carbonyl (C=O) groups is 1. The lowest BCUT2D eigenvalue weighted by Gasteiger charge is -2.20. The molecular weight excluding hydrogens is 356 g/mol. The highest BCUT2D eigenvalue weighted by Gasteiger charge is 2.13. The molecule has 25 heavy (non-hydrogen) atoms. The molecule has 0 aliphatic carbocycles. The largest absolute Gasteiger partial charge is 0.465 e. The fourth-order valence-electron chi connectivity index (χ4n) is 2.54. The summed E-state index contributed by atoms with van der Waals surface area (Å²) in [5.41, 5.74) is 4.55. The van der Waals surface area contributed by atoms with E-state index in [1.807, 2.05) is 0 Å². The Bertz CT molecular complexity index is 808. The number of benzene rings is 2. The van der Waals surface area contributed by atoms with E-state index in [9.17, 15) is 4.79 Å². The number of carbonyl (C=O) groups excluding carboxylic acids is 1. The van der Waals surface area contributed by atoms with Crippen LogP contribution in [0.25, 0.3) is 0 Å². The van der Waals surface area contributed by atoms with Crippen LogP contribution in [-0.4, -0.2) is 18.2 Å². The quantitative estimate of drug-likeness (QED) is 0.593. The highest BCUT2D eigenvalue weighted by Crippen LogP contribution is 2.22. The fraction of sp³-hybridized carbons (Fsp3) is 0.263. The molecule has 0 heterocycles. The zero-order valence-corrected chi connectivity index (χ0v) is 16.2. The van der Waals surface area contributed by atoms with Crippen molar-refractivity contribution >= 4 is 40.6 Å². The third kappa shape index (κ3) is 4.94. The van der Waals surface area contributed by atoms with E-state index < -0.39 is 5.97 Å². The second kappa shape index (κ2) is 8.32. The summed E-state index contributed by atoms with van der Waals surface area (Å²) in [5, 5.41) is 7.14. The van der Waals surface area contributed by atoms with Gasteiger partial charge in [-0.1, -0.05) is 35.4 Å². The third-order valence-corrected chi connectivity index (χ3v) is 4.43. The second-order valence-electron chi connectivity index (χ2n) is 5.87. The van der Waals surface area contributed by atoms with Crippen LogP contribution in [0.2, 0.25) is 5.02 Å². The van der Waals surface area contributed by atoms with Crippen LogP contribution < -0.4 is 10.6 Å². The van der Waals surface area contributed by atoms with Crippen molar-refractivity contribution in [2.75, 3.05) is 12.4 Å². The summed E-state index contributed by atoms with van der Waals surface area (Å²) in [7, 11) is 1.32. The van der Waals surface area contributed by atoms with Crippen molar-refractivity contribution in [3.8, 4) is 0 Å². The van der Waals surface area contributed by atoms with Gasteiger partial charge in [-0.15, -0.1) is 0 Å². The summed E-state index contributed by atoms with van der Waals surface area (Å²) < 4.78 is 4.72. The second-order valence-corrected chi connectivity index (χ2v) is 6.68. The summed E-state index contributed by atoms with van der Waals surface area (Å²) in [4.78, 5) is 11.7. The number of ether oxygens (including phenoxy) is 1. The van der Waals surface area contributed by atoms with Crippen LogP contribution in [0.15, 0.2) is 36.4 Å². The van der Waals surface area contributed by atoms with Gasteiger partial charge >= 0.3 is 5.97 Å². The van der Waals surface area contributed by atoms with Crippen LogP contribution in [0, 0.1) is 13.8 Å². The van der Waals surface area contributed by atoms with E-state index in [0.29, 0.717) is 21.4 Å². The van der Waals surface area contributed by atoms with Gasteiger partial charge in [-0.25, -0.2) is 4.79 Å². The maximum atomic E-state index is 11.7. The molecule has 0 fully saturated rings. The zero-order chi connectivity index (χ0) is 18.6. The van der Waals surface area contributed by atoms with Gasteiger partial charge in [0.25, 0.3) is 0 Å². The smallest absolute Gasteiger partial charge is 0.339 e. The average Bonchev–Trinajstić information content (AvgIpc) is 2.57. The number of nitrogens with one attached hydrogen (secondary N) is 2. The Hall–Kier alpha value is -2.11. The van der Waals surface area contributed by atoms with E-state index in [-0.39, 0.29) is 6.04 Å². The molecule has 1 atom stereocenters. The molecule has 0 spiro atoms. The maximum absolute atomic E-state index is 11.7. The van der Waals surface area contributed by atoms with Gasteiger partial charge in [-0.3, -0.25) is 0 Å². The minimum absolute atomic E-state index is 0.0484. The van der Waals surface area contributed by atoms with Crippen molar-refractivity contribution in [3.63, 3.8) is 0 Å². The number of hydrogen-bond donors (Lipinski definition) is 2. The number of methoxy groups -OCH3 is 1. The minimum atomic E-state index is -0.490. The first-order valence-corrected chi connectivity index (χ1v) is 8.63. The lowest BCUT2D eigenvalue weighted by Crippen LogP contribution is -2.31. The number of rotatable bonds is 4. The molecule has 6 heteroatoms. The standard InChI is InChI=1S/C19H21ClN2O2S/c1-11-5-6-12(2)15(9-11)13(3)21-19(25)22-14-7-8-17(20)16(10-14)18(23)24-4/h5-10,13H,1-4H3,(H2,21,22,25)/t13-/m1/s1. The summed E-state index contributed by atoms with van der Waals surface area (Å²) in [6.45, 7) is 6.19. The first kappa shape index (κ1) is 19.2. The van der Waals surface area contributed by atoms with Crippen LogP contribution in [0.3, 0.4) is 0 Å². The van der Waals surface area contributed by atoms with Gasteiger partial charge in [0.1, 0.15) is 0 Å². The van der Waals surface area contributed by atoms with Crippen molar-refractivity contribution < 1.29 is 9.53 Å². The Morgan fingerprint density at radius 3 is 2.60 bits per heavy atom. The van der Waals surface area contributed by atoms with Crippen LogP contribution in [0.5, 0.6) is 0 Å². The molecule has 0 aliphatic rings.